The summed E-state index contributed by atoms with van der Waals surface area (Å²) in [5, 5.41) is 10.3. The second kappa shape index (κ2) is 7.99. The lowest BCUT2D eigenvalue weighted by molar-refractivity contribution is 0.0124. The van der Waals surface area contributed by atoms with Gasteiger partial charge < -0.3 is 19.6 Å². The van der Waals surface area contributed by atoms with Crippen molar-refractivity contribution in [1.29, 1.82) is 0 Å². The monoisotopic (exact) mass is 334 g/mol. The highest BCUT2D eigenvalue weighted by Crippen LogP contribution is 2.21. The molecule has 0 radical (unpaired) electrons. The number of likely N-dealkylation sites (tertiary alicyclic amines) is 1. The summed E-state index contributed by atoms with van der Waals surface area (Å²) in [6.45, 7) is 8.03. The van der Waals surface area contributed by atoms with E-state index in [4.69, 9.17) is 4.74 Å². The number of hydrogen-bond acceptors (Lipinski definition) is 4. The van der Waals surface area contributed by atoms with Gasteiger partial charge in [-0.25, -0.2) is 4.79 Å². The molecule has 1 saturated heterocycles. The third-order valence-corrected chi connectivity index (χ3v) is 4.40. The Morgan fingerprint density at radius 3 is 2.42 bits per heavy atom. The van der Waals surface area contributed by atoms with Crippen LogP contribution in [0.1, 0.15) is 45.3 Å². The summed E-state index contributed by atoms with van der Waals surface area (Å²) in [7, 11) is 1.81. The molecule has 0 bridgehead atoms. The highest BCUT2D eigenvalue weighted by atomic mass is 16.6. The van der Waals surface area contributed by atoms with Gasteiger partial charge in [0.25, 0.3) is 0 Å². The summed E-state index contributed by atoms with van der Waals surface area (Å²) in [4.78, 5) is 16.1. The van der Waals surface area contributed by atoms with Crippen LogP contribution in [0.25, 0.3) is 0 Å². The Morgan fingerprint density at radius 1 is 1.29 bits per heavy atom. The number of benzene rings is 1. The largest absolute Gasteiger partial charge is 0.444 e. The van der Waals surface area contributed by atoms with Gasteiger partial charge in [0.1, 0.15) is 5.60 Å². The van der Waals surface area contributed by atoms with E-state index in [0.717, 1.165) is 31.5 Å². The van der Waals surface area contributed by atoms with Crippen molar-refractivity contribution in [3.8, 4) is 0 Å². The van der Waals surface area contributed by atoms with Gasteiger partial charge in [-0.1, -0.05) is 30.3 Å². The fraction of sp³-hybridized carbons (Fsp3) is 0.632. The molecule has 5 nitrogen and oxygen atoms in total. The molecule has 1 aliphatic rings. The molecule has 1 N–H and O–H groups in total. The number of β-amino-alcohol motifs (C(OH)–C–C–N with tert-alkyl or cyclic N) is 1. The topological polar surface area (TPSA) is 53.0 Å². The lowest BCUT2D eigenvalue weighted by Gasteiger charge is -2.37. The number of carbonyl (C=O) groups excluding carboxylic acids is 1. The Bertz CT molecular complexity index is 519. The maximum absolute atomic E-state index is 12.2. The predicted molar refractivity (Wildman–Crippen MR) is 94.9 cm³/mol. The van der Waals surface area contributed by atoms with Crippen LogP contribution in [0.4, 0.5) is 4.79 Å². The second-order valence-corrected chi connectivity index (χ2v) is 7.55. The molecule has 5 heteroatoms. The van der Waals surface area contributed by atoms with E-state index in [9.17, 15) is 9.90 Å². The smallest absolute Gasteiger partial charge is 0.410 e. The van der Waals surface area contributed by atoms with Crippen LogP contribution in [-0.4, -0.2) is 59.3 Å². The maximum Gasteiger partial charge on any atom is 0.410 e. The number of nitrogens with zero attached hydrogens (tertiary/aromatic N) is 2. The van der Waals surface area contributed by atoms with Crippen molar-refractivity contribution < 1.29 is 14.6 Å². The normalized spacial score (nSPS) is 18.2. The fourth-order valence-electron chi connectivity index (χ4n) is 3.00. The van der Waals surface area contributed by atoms with Crippen LogP contribution in [0, 0.1) is 0 Å². The minimum Gasteiger partial charge on any atom is -0.444 e. The minimum atomic E-state index is -0.466. The third kappa shape index (κ3) is 5.49. The van der Waals surface area contributed by atoms with E-state index in [1.54, 1.807) is 4.90 Å². The number of piperidine rings is 1. The molecule has 134 valence electrons. The van der Waals surface area contributed by atoms with Crippen molar-refractivity contribution in [3.05, 3.63) is 35.9 Å². The van der Waals surface area contributed by atoms with Crippen LogP contribution < -0.4 is 0 Å². The van der Waals surface area contributed by atoms with Gasteiger partial charge in [-0.2, -0.15) is 0 Å². The molecule has 0 unspecified atom stereocenters. The summed E-state index contributed by atoms with van der Waals surface area (Å²) >= 11 is 0. The zero-order valence-electron chi connectivity index (χ0n) is 15.2. The summed E-state index contributed by atoms with van der Waals surface area (Å²) < 4.78 is 5.44. The molecule has 1 aromatic rings. The van der Waals surface area contributed by atoms with E-state index in [0.29, 0.717) is 6.54 Å². The van der Waals surface area contributed by atoms with Crippen LogP contribution in [0.3, 0.4) is 0 Å². The van der Waals surface area contributed by atoms with Crippen molar-refractivity contribution >= 4 is 6.09 Å². The Morgan fingerprint density at radius 2 is 1.88 bits per heavy atom. The summed E-state index contributed by atoms with van der Waals surface area (Å²) in [5.41, 5.74) is 0.483. The number of ether oxygens (including phenoxy) is 1. The molecule has 0 saturated carbocycles. The zero-order chi connectivity index (χ0) is 17.7. The Kier molecular flexibility index (Phi) is 6.24. The van der Waals surface area contributed by atoms with Gasteiger partial charge in [0.15, 0.2) is 0 Å². The Hall–Kier alpha value is -1.59. The Labute approximate surface area is 145 Å². The first-order valence-electron chi connectivity index (χ1n) is 8.67. The van der Waals surface area contributed by atoms with Gasteiger partial charge in [0.2, 0.25) is 0 Å². The van der Waals surface area contributed by atoms with Crippen LogP contribution in [0.2, 0.25) is 0 Å². The van der Waals surface area contributed by atoms with Crippen LogP contribution in [-0.2, 0) is 4.74 Å². The molecule has 2 rings (SSSR count). The van der Waals surface area contributed by atoms with Crippen LogP contribution >= 0.6 is 0 Å². The Balaban J connectivity index is 1.80. The van der Waals surface area contributed by atoms with Crippen LogP contribution in [0.15, 0.2) is 30.3 Å². The average Bonchev–Trinajstić information content (AvgIpc) is 2.54. The average molecular weight is 334 g/mol. The molecule has 24 heavy (non-hydrogen) atoms. The van der Waals surface area contributed by atoms with Gasteiger partial charge in [0.05, 0.1) is 6.10 Å². The molecule has 1 fully saturated rings. The lowest BCUT2D eigenvalue weighted by Crippen LogP contribution is -2.47. The van der Waals surface area contributed by atoms with E-state index >= 15 is 0 Å². The SMILES string of the molecule is CN(C(=O)OC(C)(C)C)C1CCN(C[C@H](O)c2ccccc2)CC1. The first kappa shape index (κ1) is 18.7. The van der Waals surface area contributed by atoms with Crippen molar-refractivity contribution in [1.82, 2.24) is 9.80 Å². The van der Waals surface area contributed by atoms with Gasteiger partial charge >= 0.3 is 6.09 Å². The van der Waals surface area contributed by atoms with Crippen molar-refractivity contribution in [3.63, 3.8) is 0 Å². The molecule has 0 aliphatic carbocycles. The standard InChI is InChI=1S/C19H30N2O3/c1-19(2,3)24-18(23)20(4)16-10-12-21(13-11-16)14-17(22)15-8-6-5-7-9-15/h5-9,16-17,22H,10-14H2,1-4H3/t17-/m0/s1. The highest BCUT2D eigenvalue weighted by molar-refractivity contribution is 5.68. The number of aliphatic hydroxyl groups excluding tert-OH is 1. The predicted octanol–water partition coefficient (Wildman–Crippen LogP) is 3.05. The van der Waals surface area contributed by atoms with Crippen molar-refractivity contribution in [2.24, 2.45) is 0 Å². The first-order chi connectivity index (χ1) is 11.3. The number of rotatable bonds is 4. The summed E-state index contributed by atoms with van der Waals surface area (Å²) in [6, 6.07) is 9.95. The minimum absolute atomic E-state index is 0.199. The number of amides is 1. The van der Waals surface area contributed by atoms with Gasteiger partial charge in [0, 0.05) is 32.7 Å². The van der Waals surface area contributed by atoms with Crippen molar-refractivity contribution in [2.75, 3.05) is 26.7 Å². The van der Waals surface area contributed by atoms with E-state index in [-0.39, 0.29) is 12.1 Å². The highest BCUT2D eigenvalue weighted by Gasteiger charge is 2.29. The van der Waals surface area contributed by atoms with Gasteiger partial charge in [-0.15, -0.1) is 0 Å². The second-order valence-electron chi connectivity index (χ2n) is 7.55. The molecule has 1 amide bonds. The fourth-order valence-corrected chi connectivity index (χ4v) is 3.00. The number of aliphatic hydroxyl groups is 1. The van der Waals surface area contributed by atoms with Gasteiger partial charge in [-0.05, 0) is 39.2 Å². The maximum atomic E-state index is 12.2. The quantitative estimate of drug-likeness (QED) is 0.919. The molecule has 1 aliphatic heterocycles. The van der Waals surface area contributed by atoms with Crippen LogP contribution in [0.5, 0.6) is 0 Å². The summed E-state index contributed by atoms with van der Waals surface area (Å²) in [6.07, 6.45) is 1.07. The molecule has 1 aromatic carbocycles. The molecular weight excluding hydrogens is 304 g/mol. The lowest BCUT2D eigenvalue weighted by atomic mass is 10.0. The van der Waals surface area contributed by atoms with E-state index in [2.05, 4.69) is 4.90 Å². The van der Waals surface area contributed by atoms with Gasteiger partial charge in [-0.3, -0.25) is 0 Å². The molecule has 0 spiro atoms. The third-order valence-electron chi connectivity index (χ3n) is 4.40. The molecule has 1 heterocycles. The number of carbonyl (C=O) groups is 1. The molecular formula is C19H30N2O3. The van der Waals surface area contributed by atoms with E-state index in [1.807, 2.05) is 58.2 Å². The number of hydrogen-bond donors (Lipinski definition) is 1. The van der Waals surface area contributed by atoms with E-state index < -0.39 is 11.7 Å². The zero-order valence-corrected chi connectivity index (χ0v) is 15.2. The van der Waals surface area contributed by atoms with Crippen molar-refractivity contribution in [2.45, 2.75) is 51.4 Å². The molecule has 0 aromatic heterocycles. The molecule has 1 atom stereocenters. The van der Waals surface area contributed by atoms with E-state index in [1.165, 1.54) is 0 Å². The summed E-state index contributed by atoms with van der Waals surface area (Å²) in [5.74, 6) is 0. The first-order valence-corrected chi connectivity index (χ1v) is 8.67.